The second-order valence-electron chi connectivity index (χ2n) is 5.85. The molecule has 134 valence electrons. The fraction of sp³-hybridized carbons (Fsp3) is 0.353. The Morgan fingerprint density at radius 3 is 2.72 bits per heavy atom. The molecule has 8 heteroatoms. The van der Waals surface area contributed by atoms with Crippen molar-refractivity contribution in [2.45, 2.75) is 26.1 Å². The first-order valence-corrected chi connectivity index (χ1v) is 7.74. The maximum Gasteiger partial charge on any atom is 0.354 e. The summed E-state index contributed by atoms with van der Waals surface area (Å²) in [5.41, 5.74) is 5.72. The van der Waals surface area contributed by atoms with Crippen molar-refractivity contribution in [3.63, 3.8) is 0 Å². The van der Waals surface area contributed by atoms with Crippen molar-refractivity contribution in [2.75, 3.05) is 18.9 Å². The van der Waals surface area contributed by atoms with Crippen molar-refractivity contribution >= 4 is 12.1 Å². The van der Waals surface area contributed by atoms with E-state index in [1.54, 1.807) is 26.0 Å². The Hall–Kier alpha value is -2.71. The standard InChI is InChI=1S/C17H21N3O5/c1-17(2,23)25-9-3-8-24-14-5-4-12(11-21)10-13(14)20-7-6-15(18)19-16(20)22/h4-7,10-11,23H,3,8-9H2,1-2H3,(H2,18,19,22). The normalized spacial score (nSPS) is 11.3. The van der Waals surface area contributed by atoms with Gasteiger partial charge in [0.05, 0.1) is 18.9 Å². The third kappa shape index (κ3) is 5.40. The van der Waals surface area contributed by atoms with Crippen LogP contribution in [0.3, 0.4) is 0 Å². The first kappa shape index (κ1) is 18.6. The molecule has 25 heavy (non-hydrogen) atoms. The molecular weight excluding hydrogens is 326 g/mol. The lowest BCUT2D eigenvalue weighted by Crippen LogP contribution is -2.24. The third-order valence-corrected chi connectivity index (χ3v) is 3.21. The van der Waals surface area contributed by atoms with E-state index in [0.717, 1.165) is 0 Å². The Bertz CT molecular complexity index is 796. The topological polar surface area (TPSA) is 117 Å². The number of carbonyl (C=O) groups excluding carboxylic acids is 1. The Morgan fingerprint density at radius 2 is 2.08 bits per heavy atom. The minimum absolute atomic E-state index is 0.110. The van der Waals surface area contributed by atoms with E-state index in [1.165, 1.54) is 22.9 Å². The van der Waals surface area contributed by atoms with Crippen molar-refractivity contribution in [1.82, 2.24) is 9.55 Å². The molecule has 0 aliphatic rings. The van der Waals surface area contributed by atoms with E-state index in [0.29, 0.717) is 42.9 Å². The minimum Gasteiger partial charge on any atom is -0.491 e. The van der Waals surface area contributed by atoms with Crippen LogP contribution in [0.25, 0.3) is 5.69 Å². The van der Waals surface area contributed by atoms with Gasteiger partial charge in [-0.3, -0.25) is 9.36 Å². The summed E-state index contributed by atoms with van der Waals surface area (Å²) in [7, 11) is 0. The molecule has 0 unspecified atom stereocenters. The Balaban J connectivity index is 2.18. The number of aliphatic hydroxyl groups is 1. The van der Waals surface area contributed by atoms with Crippen molar-refractivity contribution in [2.24, 2.45) is 0 Å². The maximum absolute atomic E-state index is 12.1. The van der Waals surface area contributed by atoms with Crippen LogP contribution in [0.1, 0.15) is 30.6 Å². The predicted molar refractivity (Wildman–Crippen MR) is 92.0 cm³/mol. The van der Waals surface area contributed by atoms with Gasteiger partial charge in [0.15, 0.2) is 5.79 Å². The average Bonchev–Trinajstić information content (AvgIpc) is 2.54. The summed E-state index contributed by atoms with van der Waals surface area (Å²) in [6, 6.07) is 6.22. The Morgan fingerprint density at radius 1 is 1.32 bits per heavy atom. The molecule has 1 heterocycles. The molecule has 0 aliphatic carbocycles. The van der Waals surface area contributed by atoms with Gasteiger partial charge in [0.2, 0.25) is 0 Å². The van der Waals surface area contributed by atoms with E-state index in [1.807, 2.05) is 0 Å². The van der Waals surface area contributed by atoms with Gasteiger partial charge < -0.3 is 20.3 Å². The first-order valence-electron chi connectivity index (χ1n) is 7.74. The number of aromatic nitrogens is 2. The fourth-order valence-electron chi connectivity index (χ4n) is 2.08. The summed E-state index contributed by atoms with van der Waals surface area (Å²) in [6.45, 7) is 3.71. The summed E-state index contributed by atoms with van der Waals surface area (Å²) in [5, 5.41) is 9.49. The van der Waals surface area contributed by atoms with Crippen LogP contribution in [-0.4, -0.2) is 39.9 Å². The van der Waals surface area contributed by atoms with Crippen LogP contribution < -0.4 is 16.2 Å². The van der Waals surface area contributed by atoms with Gasteiger partial charge in [-0.05, 0) is 38.1 Å². The maximum atomic E-state index is 12.1. The van der Waals surface area contributed by atoms with Crippen LogP contribution in [-0.2, 0) is 4.74 Å². The zero-order valence-corrected chi connectivity index (χ0v) is 14.1. The van der Waals surface area contributed by atoms with Crippen molar-refractivity contribution < 1.29 is 19.4 Å². The van der Waals surface area contributed by atoms with Crippen LogP contribution in [0.4, 0.5) is 5.82 Å². The summed E-state index contributed by atoms with van der Waals surface area (Å²) < 4.78 is 12.2. The molecule has 1 aromatic carbocycles. The zero-order chi connectivity index (χ0) is 18.4. The molecule has 0 saturated heterocycles. The monoisotopic (exact) mass is 347 g/mol. The number of aldehydes is 1. The molecule has 0 fully saturated rings. The highest BCUT2D eigenvalue weighted by Gasteiger charge is 2.13. The smallest absolute Gasteiger partial charge is 0.354 e. The average molecular weight is 347 g/mol. The molecule has 2 aromatic rings. The lowest BCUT2D eigenvalue weighted by atomic mass is 10.2. The quantitative estimate of drug-likeness (QED) is 0.418. The molecule has 3 N–H and O–H groups in total. The third-order valence-electron chi connectivity index (χ3n) is 3.21. The Labute approximate surface area is 144 Å². The minimum atomic E-state index is -1.19. The van der Waals surface area contributed by atoms with E-state index in [9.17, 15) is 14.7 Å². The number of hydrogen-bond acceptors (Lipinski definition) is 7. The Kier molecular flexibility index (Phi) is 5.89. The van der Waals surface area contributed by atoms with Gasteiger partial charge in [-0.2, -0.15) is 4.98 Å². The number of nitrogen functional groups attached to an aromatic ring is 1. The van der Waals surface area contributed by atoms with E-state index < -0.39 is 11.5 Å². The number of anilines is 1. The van der Waals surface area contributed by atoms with Crippen molar-refractivity contribution in [1.29, 1.82) is 0 Å². The SMILES string of the molecule is CC(C)(O)OCCCOc1ccc(C=O)cc1-n1ccc(N)nc1=O. The highest BCUT2D eigenvalue weighted by atomic mass is 16.6. The van der Waals surface area contributed by atoms with Gasteiger partial charge in [0.1, 0.15) is 17.9 Å². The van der Waals surface area contributed by atoms with Gasteiger partial charge in [-0.1, -0.05) is 0 Å². The predicted octanol–water partition coefficient (Wildman–Crippen LogP) is 1.14. The molecule has 0 atom stereocenters. The number of nitrogens with zero attached hydrogens (tertiary/aromatic N) is 2. The number of ether oxygens (including phenoxy) is 2. The largest absolute Gasteiger partial charge is 0.491 e. The molecule has 0 bridgehead atoms. The molecule has 0 amide bonds. The molecular formula is C17H21N3O5. The zero-order valence-electron chi connectivity index (χ0n) is 14.1. The molecule has 8 nitrogen and oxygen atoms in total. The molecule has 0 radical (unpaired) electrons. The summed E-state index contributed by atoms with van der Waals surface area (Å²) in [5.74, 6) is -0.666. The number of rotatable bonds is 8. The highest BCUT2D eigenvalue weighted by molar-refractivity contribution is 5.77. The van der Waals surface area contributed by atoms with Gasteiger partial charge in [-0.25, -0.2) is 4.79 Å². The molecule has 2 rings (SSSR count). The van der Waals surface area contributed by atoms with Gasteiger partial charge >= 0.3 is 5.69 Å². The fourth-order valence-corrected chi connectivity index (χ4v) is 2.08. The van der Waals surface area contributed by atoms with Crippen molar-refractivity contribution in [3.05, 3.63) is 46.5 Å². The second-order valence-corrected chi connectivity index (χ2v) is 5.85. The van der Waals surface area contributed by atoms with Crippen LogP contribution in [0, 0.1) is 0 Å². The van der Waals surface area contributed by atoms with Crippen LogP contribution >= 0.6 is 0 Å². The lowest BCUT2D eigenvalue weighted by Gasteiger charge is -2.18. The second kappa shape index (κ2) is 7.91. The number of carbonyl (C=O) groups is 1. The van der Waals surface area contributed by atoms with Gasteiger partial charge in [0.25, 0.3) is 0 Å². The first-order chi connectivity index (χ1) is 11.8. The summed E-state index contributed by atoms with van der Waals surface area (Å²) >= 11 is 0. The molecule has 0 spiro atoms. The molecule has 1 aromatic heterocycles. The number of nitrogens with two attached hydrogens (primary N) is 1. The van der Waals surface area contributed by atoms with E-state index in [-0.39, 0.29) is 5.82 Å². The summed E-state index contributed by atoms with van der Waals surface area (Å²) in [4.78, 5) is 26.8. The van der Waals surface area contributed by atoms with Gasteiger partial charge in [-0.15, -0.1) is 0 Å². The number of hydrogen-bond donors (Lipinski definition) is 2. The van der Waals surface area contributed by atoms with Gasteiger partial charge in [0, 0.05) is 18.2 Å². The highest BCUT2D eigenvalue weighted by Crippen LogP contribution is 2.23. The molecule has 0 aliphatic heterocycles. The van der Waals surface area contributed by atoms with Crippen LogP contribution in [0.5, 0.6) is 5.75 Å². The van der Waals surface area contributed by atoms with E-state index >= 15 is 0 Å². The van der Waals surface area contributed by atoms with Crippen molar-refractivity contribution in [3.8, 4) is 11.4 Å². The lowest BCUT2D eigenvalue weighted by molar-refractivity contribution is -0.176. The summed E-state index contributed by atoms with van der Waals surface area (Å²) in [6.07, 6.45) is 2.69. The van der Waals surface area contributed by atoms with Crippen LogP contribution in [0.15, 0.2) is 35.3 Å². The number of benzene rings is 1. The van der Waals surface area contributed by atoms with E-state index in [4.69, 9.17) is 15.2 Å². The van der Waals surface area contributed by atoms with E-state index in [2.05, 4.69) is 4.98 Å². The molecule has 0 saturated carbocycles. The van der Waals surface area contributed by atoms with Crippen LogP contribution in [0.2, 0.25) is 0 Å².